The van der Waals surface area contributed by atoms with Crippen molar-refractivity contribution in [2.75, 3.05) is 17.2 Å². The molecule has 0 spiro atoms. The zero-order valence-electron chi connectivity index (χ0n) is 17.7. The Bertz CT molecular complexity index is 1080. The third kappa shape index (κ3) is 5.99. The standard InChI is InChI=1S/C22H25N5O2S2/c1-4-16-13(3)24-21(17-10-11-18(31-17)26-22(30)23-5-2)27-20(16)25-15-8-6-14(7-9-15)12-19(28)29/h6-11H,4-5,12H2,1-3H3,(H,28,29)(H2,23,26,30)(H,24,25,27). The molecule has 0 radical (unpaired) electrons. The Hall–Kier alpha value is -3.04. The van der Waals surface area contributed by atoms with Crippen molar-refractivity contribution in [3.63, 3.8) is 0 Å². The molecule has 0 saturated carbocycles. The number of nitrogens with one attached hydrogen (secondary N) is 3. The van der Waals surface area contributed by atoms with Crippen LogP contribution in [0.3, 0.4) is 0 Å². The molecule has 4 N–H and O–H groups in total. The second-order valence-corrected chi connectivity index (χ2v) is 8.35. The SMILES string of the molecule is CCNC(=S)Nc1ccc(-c2nc(C)c(CC)c(Nc3ccc(CC(=O)O)cc3)n2)s1. The summed E-state index contributed by atoms with van der Waals surface area (Å²) in [5, 5.41) is 20.1. The van der Waals surface area contributed by atoms with Crippen LogP contribution in [0.1, 0.15) is 30.7 Å². The molecule has 0 amide bonds. The predicted molar refractivity (Wildman–Crippen MR) is 130 cm³/mol. The molecule has 0 atom stereocenters. The van der Waals surface area contributed by atoms with Crippen LogP contribution in [0.2, 0.25) is 0 Å². The van der Waals surface area contributed by atoms with Crippen molar-refractivity contribution in [2.24, 2.45) is 0 Å². The van der Waals surface area contributed by atoms with E-state index in [-0.39, 0.29) is 6.42 Å². The van der Waals surface area contributed by atoms with Gasteiger partial charge in [-0.2, -0.15) is 0 Å². The maximum absolute atomic E-state index is 10.9. The van der Waals surface area contributed by atoms with Crippen LogP contribution in [0.25, 0.3) is 10.7 Å². The van der Waals surface area contributed by atoms with Crippen LogP contribution in [0.5, 0.6) is 0 Å². The molecule has 162 valence electrons. The van der Waals surface area contributed by atoms with Crippen LogP contribution in [-0.2, 0) is 17.6 Å². The van der Waals surface area contributed by atoms with Gasteiger partial charge in [-0.25, -0.2) is 9.97 Å². The molecule has 0 aliphatic rings. The monoisotopic (exact) mass is 455 g/mol. The van der Waals surface area contributed by atoms with E-state index < -0.39 is 5.97 Å². The number of aromatic nitrogens is 2. The van der Waals surface area contributed by atoms with Crippen molar-refractivity contribution < 1.29 is 9.90 Å². The van der Waals surface area contributed by atoms with Gasteiger partial charge in [0.15, 0.2) is 10.9 Å². The van der Waals surface area contributed by atoms with Crippen molar-refractivity contribution in [1.29, 1.82) is 0 Å². The van der Waals surface area contributed by atoms with Crippen LogP contribution in [0.15, 0.2) is 36.4 Å². The maximum Gasteiger partial charge on any atom is 0.307 e. The fraction of sp³-hybridized carbons (Fsp3) is 0.273. The first kappa shape index (κ1) is 22.6. The molecule has 0 aliphatic carbocycles. The van der Waals surface area contributed by atoms with Crippen LogP contribution >= 0.6 is 23.6 Å². The lowest BCUT2D eigenvalue weighted by molar-refractivity contribution is -0.136. The highest BCUT2D eigenvalue weighted by molar-refractivity contribution is 7.80. The summed E-state index contributed by atoms with van der Waals surface area (Å²) in [7, 11) is 0. The van der Waals surface area contributed by atoms with Gasteiger partial charge in [-0.1, -0.05) is 19.1 Å². The smallest absolute Gasteiger partial charge is 0.307 e. The summed E-state index contributed by atoms with van der Waals surface area (Å²) in [5.41, 5.74) is 3.56. The lowest BCUT2D eigenvalue weighted by Crippen LogP contribution is -2.27. The van der Waals surface area contributed by atoms with Gasteiger partial charge in [-0.05, 0) is 62.3 Å². The lowest BCUT2D eigenvalue weighted by atomic mass is 10.1. The van der Waals surface area contributed by atoms with E-state index >= 15 is 0 Å². The van der Waals surface area contributed by atoms with E-state index in [0.717, 1.165) is 51.2 Å². The van der Waals surface area contributed by atoms with Crippen LogP contribution in [-0.4, -0.2) is 32.7 Å². The van der Waals surface area contributed by atoms with Crippen molar-refractivity contribution in [3.8, 4) is 10.7 Å². The Morgan fingerprint density at radius 2 is 1.87 bits per heavy atom. The number of thiocarbonyl (C=S) groups is 1. The van der Waals surface area contributed by atoms with Gasteiger partial charge in [0.05, 0.1) is 16.3 Å². The minimum Gasteiger partial charge on any atom is -0.481 e. The van der Waals surface area contributed by atoms with Gasteiger partial charge in [-0.3, -0.25) is 4.79 Å². The Labute approximate surface area is 191 Å². The van der Waals surface area contributed by atoms with Gasteiger partial charge in [0, 0.05) is 23.5 Å². The molecule has 2 aromatic heterocycles. The second kappa shape index (κ2) is 10.3. The topological polar surface area (TPSA) is 99.2 Å². The van der Waals surface area contributed by atoms with Gasteiger partial charge in [-0.15, -0.1) is 11.3 Å². The molecule has 2 heterocycles. The highest BCUT2D eigenvalue weighted by atomic mass is 32.1. The summed E-state index contributed by atoms with van der Waals surface area (Å²) >= 11 is 6.79. The minimum atomic E-state index is -0.846. The Morgan fingerprint density at radius 3 is 2.52 bits per heavy atom. The lowest BCUT2D eigenvalue weighted by Gasteiger charge is -2.14. The Balaban J connectivity index is 1.85. The molecule has 0 saturated heterocycles. The summed E-state index contributed by atoms with van der Waals surface area (Å²) in [6.45, 7) is 6.81. The highest BCUT2D eigenvalue weighted by Gasteiger charge is 2.14. The van der Waals surface area contributed by atoms with E-state index in [4.69, 9.17) is 27.3 Å². The Kier molecular flexibility index (Phi) is 7.54. The number of benzene rings is 1. The van der Waals surface area contributed by atoms with Crippen molar-refractivity contribution in [2.45, 2.75) is 33.6 Å². The highest BCUT2D eigenvalue weighted by Crippen LogP contribution is 2.32. The van der Waals surface area contributed by atoms with Crippen molar-refractivity contribution >= 4 is 51.1 Å². The van der Waals surface area contributed by atoms with E-state index in [9.17, 15) is 4.79 Å². The molecule has 31 heavy (non-hydrogen) atoms. The molecule has 7 nitrogen and oxygen atoms in total. The van der Waals surface area contributed by atoms with E-state index in [1.54, 1.807) is 0 Å². The molecule has 0 aliphatic heterocycles. The largest absolute Gasteiger partial charge is 0.481 e. The zero-order valence-corrected chi connectivity index (χ0v) is 19.3. The molecule has 3 aromatic rings. The summed E-state index contributed by atoms with van der Waals surface area (Å²) in [6, 6.07) is 11.3. The molecule has 0 bridgehead atoms. The number of nitrogens with zero attached hydrogens (tertiary/aromatic N) is 2. The van der Waals surface area contributed by atoms with Crippen LogP contribution < -0.4 is 16.0 Å². The predicted octanol–water partition coefficient (Wildman–Crippen LogP) is 4.75. The van der Waals surface area contributed by atoms with Crippen LogP contribution in [0, 0.1) is 6.92 Å². The quantitative estimate of drug-likeness (QED) is 0.361. The van der Waals surface area contributed by atoms with Crippen LogP contribution in [0.4, 0.5) is 16.5 Å². The number of rotatable bonds is 8. The molecular formula is C22H25N5O2S2. The fourth-order valence-corrected chi connectivity index (χ4v) is 4.26. The normalized spacial score (nSPS) is 10.5. The Morgan fingerprint density at radius 1 is 1.13 bits per heavy atom. The van der Waals surface area contributed by atoms with Gasteiger partial charge < -0.3 is 21.1 Å². The zero-order chi connectivity index (χ0) is 22.4. The number of aryl methyl sites for hydroxylation is 1. The number of aliphatic carboxylic acids is 1. The number of hydrogen-bond acceptors (Lipinski definition) is 6. The van der Waals surface area contributed by atoms with Gasteiger partial charge >= 0.3 is 5.97 Å². The third-order valence-electron chi connectivity index (χ3n) is 4.54. The van der Waals surface area contributed by atoms with E-state index in [1.807, 2.05) is 50.2 Å². The maximum atomic E-state index is 10.9. The fourth-order valence-electron chi connectivity index (χ4n) is 3.09. The number of anilines is 3. The van der Waals surface area contributed by atoms with E-state index in [1.165, 1.54) is 11.3 Å². The number of carboxylic acid groups (broad SMARTS) is 1. The number of thiophene rings is 1. The average molecular weight is 456 g/mol. The molecule has 3 rings (SSSR count). The first-order chi connectivity index (χ1) is 14.9. The van der Waals surface area contributed by atoms with Crippen molar-refractivity contribution in [3.05, 3.63) is 53.2 Å². The molecule has 9 heteroatoms. The second-order valence-electron chi connectivity index (χ2n) is 6.85. The molecule has 0 unspecified atom stereocenters. The number of carboxylic acids is 1. The summed E-state index contributed by atoms with van der Waals surface area (Å²) in [4.78, 5) is 21.3. The summed E-state index contributed by atoms with van der Waals surface area (Å²) < 4.78 is 0. The molecule has 1 aromatic carbocycles. The third-order valence-corrected chi connectivity index (χ3v) is 5.78. The minimum absolute atomic E-state index is 0.00319. The van der Waals surface area contributed by atoms with Gasteiger partial charge in [0.25, 0.3) is 0 Å². The van der Waals surface area contributed by atoms with E-state index in [2.05, 4.69) is 22.9 Å². The van der Waals surface area contributed by atoms with Gasteiger partial charge in [0.1, 0.15) is 5.82 Å². The first-order valence-corrected chi connectivity index (χ1v) is 11.2. The first-order valence-electron chi connectivity index (χ1n) is 10.00. The number of hydrogen-bond donors (Lipinski definition) is 4. The number of carbonyl (C=O) groups is 1. The molecule has 0 fully saturated rings. The van der Waals surface area contributed by atoms with Crippen molar-refractivity contribution in [1.82, 2.24) is 15.3 Å². The molecular weight excluding hydrogens is 430 g/mol. The van der Waals surface area contributed by atoms with E-state index in [0.29, 0.717) is 10.9 Å². The average Bonchev–Trinajstić information content (AvgIpc) is 3.17. The summed E-state index contributed by atoms with van der Waals surface area (Å²) in [5.74, 6) is 0.551. The van der Waals surface area contributed by atoms with Gasteiger partial charge in [0.2, 0.25) is 0 Å². The summed E-state index contributed by atoms with van der Waals surface area (Å²) in [6.07, 6.45) is 0.795.